The van der Waals surface area contributed by atoms with E-state index in [1.54, 1.807) is 0 Å². The quantitative estimate of drug-likeness (QED) is 0.271. The lowest BCUT2D eigenvalue weighted by Gasteiger charge is -2.09. The number of carbonyl (C=O) groups is 1. The van der Waals surface area contributed by atoms with Crippen molar-refractivity contribution in [1.82, 2.24) is 9.78 Å². The number of furan rings is 1. The number of carbonyl (C=O) groups excluding carboxylic acids is 1. The summed E-state index contributed by atoms with van der Waals surface area (Å²) < 4.78 is 63.3. The summed E-state index contributed by atoms with van der Waals surface area (Å²) in [6.07, 6.45) is -6.33. The first-order chi connectivity index (χ1) is 15.1. The third-order valence-corrected chi connectivity index (χ3v) is 4.59. The number of ether oxygens (including phenoxy) is 1. The summed E-state index contributed by atoms with van der Waals surface area (Å²) in [4.78, 5) is 22.6. The summed E-state index contributed by atoms with van der Waals surface area (Å²) in [5.41, 5.74) is -2.03. The maximum atomic E-state index is 13.3. The third-order valence-electron chi connectivity index (χ3n) is 4.20. The van der Waals surface area contributed by atoms with Crippen molar-refractivity contribution in [3.05, 3.63) is 68.4 Å². The predicted octanol–water partition coefficient (Wildman–Crippen LogP) is 5.22. The second-order valence-electron chi connectivity index (χ2n) is 6.21. The molecule has 0 spiro atoms. The van der Waals surface area contributed by atoms with Crippen LogP contribution in [-0.4, -0.2) is 27.7 Å². The summed E-state index contributed by atoms with van der Waals surface area (Å²) in [6, 6.07) is 6.01. The Morgan fingerprint density at radius 2 is 2.00 bits per heavy atom. The van der Waals surface area contributed by atoms with Crippen LogP contribution in [0.2, 0.25) is 5.02 Å². The Kier molecular flexibility index (Phi) is 6.67. The van der Waals surface area contributed by atoms with Gasteiger partial charge < -0.3 is 14.5 Å². The van der Waals surface area contributed by atoms with Gasteiger partial charge in [-0.15, -0.1) is 0 Å². The minimum Gasteiger partial charge on any atom is -0.494 e. The number of methoxy groups -OCH3 is 1. The maximum absolute atomic E-state index is 13.3. The fourth-order valence-corrected chi connectivity index (χ4v) is 3.05. The maximum Gasteiger partial charge on any atom is 0.291 e. The van der Waals surface area contributed by atoms with Crippen LogP contribution in [0.25, 0.3) is 0 Å². The van der Waals surface area contributed by atoms with Crippen molar-refractivity contribution in [3.63, 3.8) is 0 Å². The molecular weight excluding hydrogens is 464 g/mol. The number of anilines is 1. The zero-order valence-corrected chi connectivity index (χ0v) is 16.8. The fraction of sp³-hybridized carbons (Fsp3) is 0.222. The van der Waals surface area contributed by atoms with Gasteiger partial charge in [0.15, 0.2) is 5.76 Å². The number of amides is 1. The smallest absolute Gasteiger partial charge is 0.291 e. The molecule has 0 aliphatic carbocycles. The van der Waals surface area contributed by atoms with Crippen LogP contribution in [0.3, 0.4) is 0 Å². The van der Waals surface area contributed by atoms with E-state index in [9.17, 15) is 32.5 Å². The lowest BCUT2D eigenvalue weighted by atomic mass is 10.2. The van der Waals surface area contributed by atoms with Crippen molar-refractivity contribution in [3.8, 4) is 5.75 Å². The standard InChI is InChI=1S/C18H13ClF4N4O5/c1-31-12-6-8(27(29)30)2-4-10(12)24-18(28)11-5-3-9(32-11)7-26-15(17(22)23)13(19)14(25-26)16(20)21/h2-6,16-17H,7H2,1H3,(H,24,28). The van der Waals surface area contributed by atoms with Gasteiger partial charge in [-0.2, -0.15) is 5.10 Å². The van der Waals surface area contributed by atoms with Crippen LogP contribution in [-0.2, 0) is 6.54 Å². The van der Waals surface area contributed by atoms with Crippen molar-refractivity contribution < 1.29 is 36.4 Å². The van der Waals surface area contributed by atoms with Crippen LogP contribution in [0.4, 0.5) is 28.9 Å². The molecule has 0 atom stereocenters. The number of benzene rings is 1. The lowest BCUT2D eigenvalue weighted by molar-refractivity contribution is -0.384. The molecule has 0 unspecified atom stereocenters. The molecule has 9 nitrogen and oxygen atoms in total. The van der Waals surface area contributed by atoms with E-state index in [0.29, 0.717) is 4.68 Å². The van der Waals surface area contributed by atoms with Gasteiger partial charge >= 0.3 is 0 Å². The van der Waals surface area contributed by atoms with Gasteiger partial charge in [0.1, 0.15) is 22.9 Å². The molecule has 0 radical (unpaired) electrons. The molecule has 32 heavy (non-hydrogen) atoms. The van der Waals surface area contributed by atoms with Gasteiger partial charge in [-0.3, -0.25) is 19.6 Å². The number of nitrogens with zero attached hydrogens (tertiary/aromatic N) is 3. The molecule has 0 saturated carbocycles. The van der Waals surface area contributed by atoms with Crippen molar-refractivity contribution in [2.75, 3.05) is 12.4 Å². The van der Waals surface area contributed by atoms with Gasteiger partial charge in [0, 0.05) is 6.07 Å². The molecule has 1 aromatic carbocycles. The molecule has 3 aromatic rings. The van der Waals surface area contributed by atoms with Crippen LogP contribution in [0.15, 0.2) is 34.7 Å². The number of alkyl halides is 4. The Balaban J connectivity index is 1.80. The first-order valence-corrected chi connectivity index (χ1v) is 9.05. The monoisotopic (exact) mass is 476 g/mol. The number of hydrogen-bond acceptors (Lipinski definition) is 6. The van der Waals surface area contributed by atoms with Gasteiger partial charge in [0.25, 0.3) is 24.4 Å². The predicted molar refractivity (Wildman–Crippen MR) is 103 cm³/mol. The van der Waals surface area contributed by atoms with Crippen molar-refractivity contribution in [2.45, 2.75) is 19.4 Å². The molecule has 0 saturated heterocycles. The second-order valence-corrected chi connectivity index (χ2v) is 6.58. The molecule has 0 bridgehead atoms. The zero-order chi connectivity index (χ0) is 23.6. The molecule has 0 aliphatic heterocycles. The van der Waals surface area contributed by atoms with E-state index >= 15 is 0 Å². The van der Waals surface area contributed by atoms with E-state index in [1.807, 2.05) is 0 Å². The molecule has 0 fully saturated rings. The number of non-ortho nitro benzene ring substituents is 1. The number of aromatic nitrogens is 2. The number of halogens is 5. The molecule has 1 N–H and O–H groups in total. The molecule has 1 amide bonds. The number of rotatable bonds is 8. The van der Waals surface area contributed by atoms with Crippen LogP contribution in [0, 0.1) is 10.1 Å². The van der Waals surface area contributed by atoms with Gasteiger partial charge in [0.05, 0.1) is 35.4 Å². The largest absolute Gasteiger partial charge is 0.494 e. The Morgan fingerprint density at radius 3 is 2.59 bits per heavy atom. The highest BCUT2D eigenvalue weighted by Crippen LogP contribution is 2.35. The summed E-state index contributed by atoms with van der Waals surface area (Å²) in [5, 5.41) is 15.9. The van der Waals surface area contributed by atoms with Crippen LogP contribution < -0.4 is 10.1 Å². The Bertz CT molecular complexity index is 1160. The summed E-state index contributed by atoms with van der Waals surface area (Å²) in [7, 11) is 1.25. The highest BCUT2D eigenvalue weighted by Gasteiger charge is 2.28. The summed E-state index contributed by atoms with van der Waals surface area (Å²) in [6.45, 7) is -0.486. The minimum absolute atomic E-state index is 0.0200. The van der Waals surface area contributed by atoms with E-state index in [4.69, 9.17) is 20.8 Å². The summed E-state index contributed by atoms with van der Waals surface area (Å²) in [5.74, 6) is -1.03. The summed E-state index contributed by atoms with van der Waals surface area (Å²) >= 11 is 5.60. The Hall–Kier alpha value is -3.61. The van der Waals surface area contributed by atoms with E-state index < -0.39 is 46.6 Å². The molecule has 2 heterocycles. The molecular formula is C18H13ClF4N4O5. The van der Waals surface area contributed by atoms with Gasteiger partial charge in [-0.25, -0.2) is 17.6 Å². The molecule has 170 valence electrons. The first kappa shape index (κ1) is 23.1. The van der Waals surface area contributed by atoms with E-state index in [-0.39, 0.29) is 28.6 Å². The number of nitro groups is 1. The van der Waals surface area contributed by atoms with Crippen LogP contribution in [0.1, 0.15) is 40.6 Å². The zero-order valence-electron chi connectivity index (χ0n) is 16.0. The van der Waals surface area contributed by atoms with Gasteiger partial charge in [-0.05, 0) is 18.2 Å². The molecule has 14 heteroatoms. The first-order valence-electron chi connectivity index (χ1n) is 8.67. The van der Waals surface area contributed by atoms with Crippen LogP contribution >= 0.6 is 11.6 Å². The number of hydrogen-bond donors (Lipinski definition) is 1. The number of nitro benzene ring substituents is 1. The highest BCUT2D eigenvalue weighted by atomic mass is 35.5. The average molecular weight is 477 g/mol. The molecule has 2 aromatic heterocycles. The van der Waals surface area contributed by atoms with Crippen molar-refractivity contribution in [1.29, 1.82) is 0 Å². The van der Waals surface area contributed by atoms with Crippen molar-refractivity contribution >= 4 is 28.9 Å². The van der Waals surface area contributed by atoms with E-state index in [2.05, 4.69) is 10.4 Å². The highest BCUT2D eigenvalue weighted by molar-refractivity contribution is 6.32. The lowest BCUT2D eigenvalue weighted by Crippen LogP contribution is -2.12. The Morgan fingerprint density at radius 1 is 1.28 bits per heavy atom. The molecule has 0 aliphatic rings. The average Bonchev–Trinajstić information content (AvgIpc) is 3.32. The van der Waals surface area contributed by atoms with E-state index in [1.165, 1.54) is 25.3 Å². The SMILES string of the molecule is COc1cc([N+](=O)[O-])ccc1NC(=O)c1ccc(Cn2nc(C(F)F)c(Cl)c2C(F)F)o1. The minimum atomic E-state index is -3.17. The van der Waals surface area contributed by atoms with E-state index in [0.717, 1.165) is 12.1 Å². The third kappa shape index (κ3) is 4.66. The van der Waals surface area contributed by atoms with Gasteiger partial charge in [0.2, 0.25) is 0 Å². The number of nitrogens with one attached hydrogen (secondary N) is 1. The second kappa shape index (κ2) is 9.26. The van der Waals surface area contributed by atoms with Gasteiger partial charge in [-0.1, -0.05) is 11.6 Å². The fourth-order valence-electron chi connectivity index (χ4n) is 2.75. The van der Waals surface area contributed by atoms with Crippen molar-refractivity contribution in [2.24, 2.45) is 0 Å². The van der Waals surface area contributed by atoms with Crippen LogP contribution in [0.5, 0.6) is 5.75 Å². The molecule has 3 rings (SSSR count). The topological polar surface area (TPSA) is 112 Å². The normalized spacial score (nSPS) is 11.2. The Labute approximate surface area is 181 Å².